The van der Waals surface area contributed by atoms with Crippen molar-refractivity contribution in [2.24, 2.45) is 17.3 Å². The average molecular weight is 254 g/mol. The minimum atomic E-state index is -0.0355. The molecule has 0 aliphatic rings. The summed E-state index contributed by atoms with van der Waals surface area (Å²) in [6.07, 6.45) is 7.31. The van der Waals surface area contributed by atoms with Crippen molar-refractivity contribution in [1.29, 1.82) is 0 Å². The number of carbonyl (C=O) groups excluding carboxylic acids is 1. The Kier molecular flexibility index (Phi) is 8.56. The molecule has 0 rings (SSSR count). The van der Waals surface area contributed by atoms with Crippen molar-refractivity contribution in [3.05, 3.63) is 0 Å². The molecular weight excluding hydrogens is 220 g/mol. The normalized spacial score (nSPS) is 12.4. The number of hydrogen-bond acceptors (Lipinski definition) is 1. The van der Waals surface area contributed by atoms with Gasteiger partial charge in [-0.2, -0.15) is 0 Å². The Labute approximate surface area is 115 Å². The zero-order valence-electron chi connectivity index (χ0n) is 13.5. The molecule has 0 aromatic heterocycles. The lowest BCUT2D eigenvalue weighted by molar-refractivity contribution is -0.131. The molecule has 1 heteroatoms. The topological polar surface area (TPSA) is 17.1 Å². The summed E-state index contributed by atoms with van der Waals surface area (Å²) in [7, 11) is 0. The molecule has 0 fully saturated rings. The van der Waals surface area contributed by atoms with E-state index in [2.05, 4.69) is 41.5 Å². The standard InChI is InChI=1S/C17H34O/c1-7-9-10-16(18)17(11-8-2,12-14(3)4)13-15(5)6/h14-15H,7-13H2,1-6H3. The molecular formula is C17H34O. The molecule has 0 bridgehead atoms. The molecule has 0 aliphatic carbocycles. The van der Waals surface area contributed by atoms with E-state index >= 15 is 0 Å². The van der Waals surface area contributed by atoms with E-state index in [1.807, 2.05) is 0 Å². The van der Waals surface area contributed by atoms with Crippen LogP contribution in [-0.4, -0.2) is 5.78 Å². The molecule has 108 valence electrons. The smallest absolute Gasteiger partial charge is 0.139 e. The first-order valence-corrected chi connectivity index (χ1v) is 7.91. The van der Waals surface area contributed by atoms with E-state index < -0.39 is 0 Å². The van der Waals surface area contributed by atoms with E-state index in [0.29, 0.717) is 17.6 Å². The molecule has 0 N–H and O–H groups in total. The van der Waals surface area contributed by atoms with E-state index in [0.717, 1.165) is 44.9 Å². The Morgan fingerprint density at radius 2 is 1.44 bits per heavy atom. The van der Waals surface area contributed by atoms with Crippen LogP contribution in [0.2, 0.25) is 0 Å². The van der Waals surface area contributed by atoms with Crippen molar-refractivity contribution >= 4 is 5.78 Å². The molecule has 0 spiro atoms. The van der Waals surface area contributed by atoms with E-state index in [4.69, 9.17) is 0 Å². The third-order valence-corrected chi connectivity index (χ3v) is 3.68. The molecule has 0 aromatic carbocycles. The van der Waals surface area contributed by atoms with Gasteiger partial charge in [-0.15, -0.1) is 0 Å². The van der Waals surface area contributed by atoms with Crippen molar-refractivity contribution in [3.8, 4) is 0 Å². The minimum absolute atomic E-state index is 0.0355. The first kappa shape index (κ1) is 17.7. The maximum Gasteiger partial charge on any atom is 0.139 e. The molecule has 0 aromatic rings. The molecule has 0 saturated heterocycles. The van der Waals surface area contributed by atoms with Gasteiger partial charge in [0, 0.05) is 11.8 Å². The Morgan fingerprint density at radius 3 is 1.78 bits per heavy atom. The average Bonchev–Trinajstić information content (AvgIpc) is 2.24. The summed E-state index contributed by atoms with van der Waals surface area (Å²) >= 11 is 0. The Hall–Kier alpha value is -0.330. The number of ketones is 1. The summed E-state index contributed by atoms with van der Waals surface area (Å²) < 4.78 is 0. The van der Waals surface area contributed by atoms with Crippen LogP contribution in [0.1, 0.15) is 86.5 Å². The number of carbonyl (C=O) groups is 1. The van der Waals surface area contributed by atoms with E-state index in [1.165, 1.54) is 0 Å². The van der Waals surface area contributed by atoms with Crippen molar-refractivity contribution in [1.82, 2.24) is 0 Å². The molecule has 0 atom stereocenters. The van der Waals surface area contributed by atoms with Gasteiger partial charge in [-0.25, -0.2) is 0 Å². The number of rotatable bonds is 10. The van der Waals surface area contributed by atoms with E-state index in [9.17, 15) is 4.79 Å². The van der Waals surface area contributed by atoms with Crippen molar-refractivity contribution in [2.45, 2.75) is 86.5 Å². The lowest BCUT2D eigenvalue weighted by atomic mass is 9.67. The third-order valence-electron chi connectivity index (χ3n) is 3.68. The minimum Gasteiger partial charge on any atom is -0.299 e. The fraction of sp³-hybridized carbons (Fsp3) is 0.941. The van der Waals surface area contributed by atoms with Gasteiger partial charge in [0.1, 0.15) is 5.78 Å². The first-order valence-electron chi connectivity index (χ1n) is 7.91. The second-order valence-electron chi connectivity index (χ2n) is 6.75. The Bertz CT molecular complexity index is 218. The SMILES string of the molecule is CCCCC(=O)C(CCC)(CC(C)C)CC(C)C. The van der Waals surface area contributed by atoms with Gasteiger partial charge in [-0.05, 0) is 37.5 Å². The summed E-state index contributed by atoms with van der Waals surface area (Å²) in [5.41, 5.74) is -0.0355. The second-order valence-corrected chi connectivity index (χ2v) is 6.75. The van der Waals surface area contributed by atoms with Crippen molar-refractivity contribution in [3.63, 3.8) is 0 Å². The highest BCUT2D eigenvalue weighted by atomic mass is 16.1. The quantitative estimate of drug-likeness (QED) is 0.494. The van der Waals surface area contributed by atoms with Gasteiger partial charge in [0.15, 0.2) is 0 Å². The summed E-state index contributed by atoms with van der Waals surface area (Å²) in [4.78, 5) is 12.7. The second kappa shape index (κ2) is 8.72. The fourth-order valence-electron chi connectivity index (χ4n) is 3.30. The Morgan fingerprint density at radius 1 is 0.944 bits per heavy atom. The maximum absolute atomic E-state index is 12.7. The van der Waals surface area contributed by atoms with Gasteiger partial charge in [-0.1, -0.05) is 54.4 Å². The van der Waals surface area contributed by atoms with Gasteiger partial charge >= 0.3 is 0 Å². The predicted octanol–water partition coefficient (Wildman–Crippen LogP) is 5.62. The highest BCUT2D eigenvalue weighted by Crippen LogP contribution is 2.40. The van der Waals surface area contributed by atoms with Gasteiger partial charge in [0.2, 0.25) is 0 Å². The zero-order chi connectivity index (χ0) is 14.2. The number of unbranched alkanes of at least 4 members (excludes halogenated alkanes) is 1. The molecule has 18 heavy (non-hydrogen) atoms. The van der Waals surface area contributed by atoms with Gasteiger partial charge in [-0.3, -0.25) is 4.79 Å². The Balaban J connectivity index is 4.96. The van der Waals surface area contributed by atoms with Crippen LogP contribution in [0.3, 0.4) is 0 Å². The first-order chi connectivity index (χ1) is 8.38. The van der Waals surface area contributed by atoms with Crippen LogP contribution >= 0.6 is 0 Å². The largest absolute Gasteiger partial charge is 0.299 e. The molecule has 0 unspecified atom stereocenters. The van der Waals surface area contributed by atoms with Crippen LogP contribution in [0.15, 0.2) is 0 Å². The van der Waals surface area contributed by atoms with Crippen LogP contribution in [-0.2, 0) is 4.79 Å². The molecule has 0 amide bonds. The van der Waals surface area contributed by atoms with E-state index in [1.54, 1.807) is 0 Å². The molecule has 0 aliphatic heterocycles. The predicted molar refractivity (Wildman–Crippen MR) is 80.8 cm³/mol. The molecule has 0 radical (unpaired) electrons. The van der Waals surface area contributed by atoms with Gasteiger partial charge in [0.25, 0.3) is 0 Å². The number of hydrogen-bond donors (Lipinski definition) is 0. The van der Waals surface area contributed by atoms with Crippen LogP contribution in [0.4, 0.5) is 0 Å². The summed E-state index contributed by atoms with van der Waals surface area (Å²) in [6, 6.07) is 0. The fourth-order valence-corrected chi connectivity index (χ4v) is 3.30. The lowest BCUT2D eigenvalue weighted by Gasteiger charge is -2.35. The molecule has 0 heterocycles. The summed E-state index contributed by atoms with van der Waals surface area (Å²) in [6.45, 7) is 13.4. The number of Topliss-reactive ketones (excluding diaryl/α,β-unsaturated/α-hetero) is 1. The zero-order valence-corrected chi connectivity index (χ0v) is 13.5. The van der Waals surface area contributed by atoms with Crippen molar-refractivity contribution < 1.29 is 4.79 Å². The molecule has 1 nitrogen and oxygen atoms in total. The van der Waals surface area contributed by atoms with Gasteiger partial charge < -0.3 is 0 Å². The van der Waals surface area contributed by atoms with Crippen LogP contribution in [0.25, 0.3) is 0 Å². The maximum atomic E-state index is 12.7. The van der Waals surface area contributed by atoms with E-state index in [-0.39, 0.29) is 5.41 Å². The van der Waals surface area contributed by atoms with Crippen LogP contribution in [0.5, 0.6) is 0 Å². The highest BCUT2D eigenvalue weighted by molar-refractivity contribution is 5.84. The summed E-state index contributed by atoms with van der Waals surface area (Å²) in [5.74, 6) is 1.76. The molecule has 0 saturated carbocycles. The van der Waals surface area contributed by atoms with Crippen LogP contribution in [0, 0.1) is 17.3 Å². The third kappa shape index (κ3) is 6.02. The van der Waals surface area contributed by atoms with Crippen molar-refractivity contribution in [2.75, 3.05) is 0 Å². The van der Waals surface area contributed by atoms with Gasteiger partial charge in [0.05, 0.1) is 0 Å². The van der Waals surface area contributed by atoms with Crippen LogP contribution < -0.4 is 0 Å². The lowest BCUT2D eigenvalue weighted by Crippen LogP contribution is -2.34. The monoisotopic (exact) mass is 254 g/mol. The highest BCUT2D eigenvalue weighted by Gasteiger charge is 2.37. The summed E-state index contributed by atoms with van der Waals surface area (Å²) in [5, 5.41) is 0.